The highest BCUT2D eigenvalue weighted by molar-refractivity contribution is 8.18. The number of amidine groups is 1. The maximum absolute atomic E-state index is 13.2. The molecule has 0 spiro atoms. The van der Waals surface area contributed by atoms with Gasteiger partial charge in [-0.1, -0.05) is 42.8 Å². The summed E-state index contributed by atoms with van der Waals surface area (Å²) in [6.07, 6.45) is 4.39. The molecule has 1 aromatic heterocycles. The quantitative estimate of drug-likeness (QED) is 0.355. The summed E-state index contributed by atoms with van der Waals surface area (Å²) < 4.78 is 11.3. The first-order chi connectivity index (χ1) is 15.5. The summed E-state index contributed by atoms with van der Waals surface area (Å²) in [5, 5.41) is 1.12. The molecule has 0 aliphatic carbocycles. The number of hydrogen-bond donors (Lipinski definition) is 0. The van der Waals surface area contributed by atoms with Crippen LogP contribution in [-0.2, 0) is 11.3 Å². The first-order valence-corrected chi connectivity index (χ1v) is 11.6. The number of furan rings is 1. The average molecular weight is 467 g/mol. The first-order valence-electron chi connectivity index (χ1n) is 10.4. The van der Waals surface area contributed by atoms with E-state index in [0.29, 0.717) is 33.1 Å². The van der Waals surface area contributed by atoms with Crippen molar-refractivity contribution in [2.75, 3.05) is 0 Å². The number of amides is 1. The molecule has 1 atom stereocenters. The molecule has 2 aromatic carbocycles. The van der Waals surface area contributed by atoms with E-state index in [2.05, 4.69) is 6.92 Å². The summed E-state index contributed by atoms with van der Waals surface area (Å²) in [7, 11) is 0. The van der Waals surface area contributed by atoms with E-state index in [1.54, 1.807) is 17.2 Å². The monoisotopic (exact) mass is 466 g/mol. The summed E-state index contributed by atoms with van der Waals surface area (Å²) in [5.41, 5.74) is 1.60. The highest BCUT2D eigenvalue weighted by Crippen LogP contribution is 2.36. The minimum atomic E-state index is -0.128. The zero-order valence-corrected chi connectivity index (χ0v) is 19.4. The lowest BCUT2D eigenvalue weighted by Gasteiger charge is -2.14. The predicted molar refractivity (Wildman–Crippen MR) is 130 cm³/mol. The van der Waals surface area contributed by atoms with E-state index >= 15 is 0 Å². The second-order valence-electron chi connectivity index (χ2n) is 7.34. The fourth-order valence-electron chi connectivity index (χ4n) is 3.06. The summed E-state index contributed by atoms with van der Waals surface area (Å²) in [6, 6.07) is 18.8. The first kappa shape index (κ1) is 22.2. The highest BCUT2D eigenvalue weighted by atomic mass is 35.5. The summed E-state index contributed by atoms with van der Waals surface area (Å²) in [6.45, 7) is 4.37. The van der Waals surface area contributed by atoms with Crippen LogP contribution in [-0.4, -0.2) is 22.1 Å². The molecule has 0 N–H and O–H groups in total. The number of aliphatic imine (C=N–C) groups is 1. The van der Waals surface area contributed by atoms with Crippen molar-refractivity contribution in [3.05, 3.63) is 88.2 Å². The maximum atomic E-state index is 13.2. The van der Waals surface area contributed by atoms with E-state index in [9.17, 15) is 4.79 Å². The molecule has 1 aliphatic heterocycles. The Labute approximate surface area is 196 Å². The zero-order chi connectivity index (χ0) is 22.5. The van der Waals surface area contributed by atoms with Gasteiger partial charge >= 0.3 is 0 Å². The Morgan fingerprint density at radius 1 is 1.19 bits per heavy atom. The van der Waals surface area contributed by atoms with Gasteiger partial charge in [0.05, 0.1) is 34.5 Å². The number of nitrogens with zero attached hydrogens (tertiary/aromatic N) is 2. The van der Waals surface area contributed by atoms with Crippen molar-refractivity contribution in [3.63, 3.8) is 0 Å². The van der Waals surface area contributed by atoms with E-state index in [0.717, 1.165) is 17.7 Å². The predicted octanol–water partition coefficient (Wildman–Crippen LogP) is 6.91. The molecular weight excluding hydrogens is 444 g/mol. The fourth-order valence-corrected chi connectivity index (χ4v) is 4.29. The lowest BCUT2D eigenvalue weighted by molar-refractivity contribution is -0.122. The van der Waals surface area contributed by atoms with Gasteiger partial charge < -0.3 is 9.15 Å². The Hall–Kier alpha value is -2.96. The molecule has 5 nitrogen and oxygen atoms in total. The minimum Gasteiger partial charge on any atom is -0.489 e. The van der Waals surface area contributed by atoms with Gasteiger partial charge in [-0.25, -0.2) is 4.99 Å². The molecule has 0 radical (unpaired) electrons. The summed E-state index contributed by atoms with van der Waals surface area (Å²) in [5.74, 6) is 1.20. The number of halogens is 1. The Morgan fingerprint density at radius 3 is 2.69 bits per heavy atom. The molecule has 1 saturated heterocycles. The minimum absolute atomic E-state index is 0.0792. The van der Waals surface area contributed by atoms with Crippen LogP contribution in [0.2, 0.25) is 5.02 Å². The maximum Gasteiger partial charge on any atom is 0.267 e. The molecule has 1 aliphatic rings. The Morgan fingerprint density at radius 2 is 2.00 bits per heavy atom. The van der Waals surface area contributed by atoms with Gasteiger partial charge in [-0.05, 0) is 73.1 Å². The molecular formula is C25H23ClN2O3S. The number of rotatable bonds is 7. The normalized spacial score (nSPS) is 17.3. The van der Waals surface area contributed by atoms with Gasteiger partial charge in [0.1, 0.15) is 11.5 Å². The highest BCUT2D eigenvalue weighted by Gasteiger charge is 2.34. The summed E-state index contributed by atoms with van der Waals surface area (Å²) >= 11 is 7.75. The SMILES string of the molecule is CC[C@@H](C)Oc1ccc(/C=C2/SC(=Nc3ccccc3)N(Cc3ccco3)C2=O)cc1Cl. The Kier molecular flexibility index (Phi) is 7.02. The number of ether oxygens (including phenoxy) is 1. The van der Waals surface area contributed by atoms with Crippen LogP contribution < -0.4 is 4.74 Å². The fraction of sp³-hybridized carbons (Fsp3) is 0.200. The third kappa shape index (κ3) is 5.26. The van der Waals surface area contributed by atoms with Gasteiger partial charge in [0.2, 0.25) is 0 Å². The van der Waals surface area contributed by atoms with E-state index in [1.807, 2.05) is 67.6 Å². The van der Waals surface area contributed by atoms with Crippen LogP contribution in [0.1, 0.15) is 31.6 Å². The van der Waals surface area contributed by atoms with Gasteiger partial charge in [0.15, 0.2) is 5.17 Å². The molecule has 0 saturated carbocycles. The van der Waals surface area contributed by atoms with Crippen LogP contribution >= 0.6 is 23.4 Å². The van der Waals surface area contributed by atoms with Crippen LogP contribution in [0.25, 0.3) is 6.08 Å². The molecule has 0 bridgehead atoms. The second-order valence-corrected chi connectivity index (χ2v) is 8.75. The number of carbonyl (C=O) groups excluding carboxylic acids is 1. The van der Waals surface area contributed by atoms with E-state index in [4.69, 9.17) is 25.7 Å². The molecule has 32 heavy (non-hydrogen) atoms. The van der Waals surface area contributed by atoms with Gasteiger partial charge in [-0.2, -0.15) is 0 Å². The van der Waals surface area contributed by atoms with Crippen molar-refractivity contribution >= 4 is 46.2 Å². The Bertz CT molecular complexity index is 1140. The molecule has 2 heterocycles. The smallest absolute Gasteiger partial charge is 0.267 e. The zero-order valence-electron chi connectivity index (χ0n) is 17.8. The van der Waals surface area contributed by atoms with Gasteiger partial charge in [-0.3, -0.25) is 9.69 Å². The van der Waals surface area contributed by atoms with Gasteiger partial charge in [0, 0.05) is 0 Å². The van der Waals surface area contributed by atoms with Crippen molar-refractivity contribution in [3.8, 4) is 5.75 Å². The van der Waals surface area contributed by atoms with Crippen LogP contribution in [0.15, 0.2) is 81.2 Å². The molecule has 3 aromatic rings. The molecule has 7 heteroatoms. The average Bonchev–Trinajstić information content (AvgIpc) is 3.41. The van der Waals surface area contributed by atoms with Crippen LogP contribution in [0.3, 0.4) is 0 Å². The molecule has 4 rings (SSSR count). The molecule has 1 amide bonds. The van der Waals surface area contributed by atoms with Crippen molar-refractivity contribution in [2.45, 2.75) is 32.9 Å². The van der Waals surface area contributed by atoms with E-state index in [1.165, 1.54) is 11.8 Å². The number of carbonyl (C=O) groups is 1. The standard InChI is InChI=1S/C25H23ClN2O3S/c1-3-17(2)31-22-12-11-18(14-21(22)26)15-23-24(29)28(16-20-10-7-13-30-20)25(32-23)27-19-8-5-4-6-9-19/h4-15,17H,3,16H2,1-2H3/b23-15+,27-25?/t17-/m1/s1. The molecule has 0 unspecified atom stereocenters. The number of benzene rings is 2. The van der Waals surface area contributed by atoms with Crippen LogP contribution in [0.4, 0.5) is 5.69 Å². The van der Waals surface area contributed by atoms with Crippen molar-refractivity contribution in [2.24, 2.45) is 4.99 Å². The van der Waals surface area contributed by atoms with Crippen molar-refractivity contribution in [1.82, 2.24) is 4.90 Å². The third-order valence-corrected chi connectivity index (χ3v) is 6.22. The lowest BCUT2D eigenvalue weighted by Crippen LogP contribution is -2.28. The number of thioether (sulfide) groups is 1. The second kappa shape index (κ2) is 10.1. The topological polar surface area (TPSA) is 55.0 Å². The Balaban J connectivity index is 1.63. The van der Waals surface area contributed by atoms with Crippen LogP contribution in [0, 0.1) is 0 Å². The molecule has 164 valence electrons. The number of para-hydroxylation sites is 1. The van der Waals surface area contributed by atoms with E-state index in [-0.39, 0.29) is 12.0 Å². The largest absolute Gasteiger partial charge is 0.489 e. The summed E-state index contributed by atoms with van der Waals surface area (Å²) in [4.78, 5) is 20.1. The molecule has 1 fully saturated rings. The lowest BCUT2D eigenvalue weighted by atomic mass is 10.2. The number of hydrogen-bond acceptors (Lipinski definition) is 5. The van der Waals surface area contributed by atoms with Crippen molar-refractivity contribution < 1.29 is 13.9 Å². The van der Waals surface area contributed by atoms with E-state index < -0.39 is 0 Å². The van der Waals surface area contributed by atoms with Gasteiger partial charge in [-0.15, -0.1) is 0 Å². The van der Waals surface area contributed by atoms with Crippen molar-refractivity contribution in [1.29, 1.82) is 0 Å². The third-order valence-electron chi connectivity index (χ3n) is 4.92. The van der Waals surface area contributed by atoms with Gasteiger partial charge in [0.25, 0.3) is 5.91 Å². The van der Waals surface area contributed by atoms with Crippen LogP contribution in [0.5, 0.6) is 5.75 Å².